The van der Waals surface area contributed by atoms with Gasteiger partial charge in [0.25, 0.3) is 5.91 Å². The first-order chi connectivity index (χ1) is 16.4. The molecule has 0 aliphatic rings. The van der Waals surface area contributed by atoms with E-state index in [4.69, 9.17) is 9.47 Å². The van der Waals surface area contributed by atoms with E-state index in [0.717, 1.165) is 9.87 Å². The summed E-state index contributed by atoms with van der Waals surface area (Å²) < 4.78 is 39.4. The minimum absolute atomic E-state index is 0.0487. The molecule has 3 rings (SSSR count). The van der Waals surface area contributed by atoms with E-state index in [0.29, 0.717) is 11.3 Å². The predicted molar refractivity (Wildman–Crippen MR) is 122 cm³/mol. The normalized spacial score (nSPS) is 13.3. The van der Waals surface area contributed by atoms with Crippen molar-refractivity contribution in [3.63, 3.8) is 0 Å². The van der Waals surface area contributed by atoms with Gasteiger partial charge in [-0.2, -0.15) is 4.31 Å². The topological polar surface area (TPSA) is 131 Å². The highest BCUT2D eigenvalue weighted by molar-refractivity contribution is 7.89. The van der Waals surface area contributed by atoms with Crippen LogP contribution in [0.1, 0.15) is 18.1 Å². The molecule has 1 aromatic carbocycles. The highest BCUT2D eigenvalue weighted by Crippen LogP contribution is 2.26. The van der Waals surface area contributed by atoms with Crippen LogP contribution in [0.3, 0.4) is 0 Å². The second-order valence-corrected chi connectivity index (χ2v) is 9.28. The summed E-state index contributed by atoms with van der Waals surface area (Å²) in [4.78, 5) is 20.8. The summed E-state index contributed by atoms with van der Waals surface area (Å²) in [6.45, 7) is 1.48. The molecule has 11 heteroatoms. The van der Waals surface area contributed by atoms with Crippen molar-refractivity contribution < 1.29 is 27.9 Å². The number of hydroxylamine groups is 1. The van der Waals surface area contributed by atoms with Crippen LogP contribution in [0.15, 0.2) is 78.2 Å². The molecule has 0 fully saturated rings. The van der Waals surface area contributed by atoms with Gasteiger partial charge in [0.2, 0.25) is 10.0 Å². The molecule has 2 N–H and O–H groups in total. The summed E-state index contributed by atoms with van der Waals surface area (Å²) >= 11 is 0. The van der Waals surface area contributed by atoms with Crippen LogP contribution >= 0.6 is 0 Å². The fourth-order valence-corrected chi connectivity index (χ4v) is 4.97. The van der Waals surface area contributed by atoms with Gasteiger partial charge in [0, 0.05) is 31.3 Å². The van der Waals surface area contributed by atoms with Crippen LogP contribution < -0.4 is 10.2 Å². The molecule has 0 bridgehead atoms. The van der Waals surface area contributed by atoms with Crippen molar-refractivity contribution in [1.29, 1.82) is 0 Å². The van der Waals surface area contributed by atoms with Gasteiger partial charge in [-0.05, 0) is 54.4 Å². The third-order valence-corrected chi connectivity index (χ3v) is 6.94. The molecule has 0 saturated carbocycles. The standard InChI is InChI=1S/C23H26N4O6S/c1-17(33-16-19-6-4-12-25-14-19)22(23(28)26-29)27(15-18-5-3-11-24-13-18)34(30,31)21-9-7-20(32-2)8-10-21/h3-14,17,22,29H,15-16H2,1-2H3,(H,26,28)/t17-,22-/m1/s1. The summed E-state index contributed by atoms with van der Waals surface area (Å²) in [7, 11) is -2.75. The molecule has 2 atom stereocenters. The Kier molecular flexibility index (Phi) is 8.66. The Hall–Kier alpha value is -3.38. The summed E-state index contributed by atoms with van der Waals surface area (Å²) in [5, 5.41) is 9.44. The molecule has 10 nitrogen and oxygen atoms in total. The lowest BCUT2D eigenvalue weighted by molar-refractivity contribution is -0.138. The fraction of sp³-hybridized carbons (Fsp3) is 0.261. The fourth-order valence-electron chi connectivity index (χ4n) is 3.33. The number of amides is 1. The number of sulfonamides is 1. The van der Waals surface area contributed by atoms with Crippen molar-refractivity contribution in [1.82, 2.24) is 19.8 Å². The molecule has 3 aromatic rings. The van der Waals surface area contributed by atoms with Gasteiger partial charge in [-0.1, -0.05) is 12.1 Å². The lowest BCUT2D eigenvalue weighted by Gasteiger charge is -2.33. The Balaban J connectivity index is 1.99. The van der Waals surface area contributed by atoms with Gasteiger partial charge in [0.05, 0.1) is 24.7 Å². The van der Waals surface area contributed by atoms with Crippen LogP contribution in [-0.2, 0) is 32.7 Å². The van der Waals surface area contributed by atoms with Gasteiger partial charge in [-0.25, -0.2) is 13.9 Å². The molecule has 34 heavy (non-hydrogen) atoms. The van der Waals surface area contributed by atoms with Gasteiger partial charge < -0.3 is 9.47 Å². The van der Waals surface area contributed by atoms with E-state index in [1.54, 1.807) is 55.3 Å². The molecular weight excluding hydrogens is 460 g/mol. The number of rotatable bonds is 11. The Labute approximate surface area is 198 Å². The number of methoxy groups -OCH3 is 1. The van der Waals surface area contributed by atoms with Crippen LogP contribution in [0.25, 0.3) is 0 Å². The van der Waals surface area contributed by atoms with Gasteiger partial charge in [-0.3, -0.25) is 20.0 Å². The second kappa shape index (κ2) is 11.7. The number of carbonyl (C=O) groups is 1. The first-order valence-corrected chi connectivity index (χ1v) is 11.8. The Morgan fingerprint density at radius 3 is 2.21 bits per heavy atom. The second-order valence-electron chi connectivity index (χ2n) is 7.39. The first kappa shape index (κ1) is 25.2. The van der Waals surface area contributed by atoms with Gasteiger partial charge in [0.1, 0.15) is 11.8 Å². The maximum atomic E-state index is 13.7. The zero-order valence-corrected chi connectivity index (χ0v) is 19.6. The van der Waals surface area contributed by atoms with Crippen molar-refractivity contribution >= 4 is 15.9 Å². The summed E-state index contributed by atoms with van der Waals surface area (Å²) in [6, 6.07) is 11.3. The van der Waals surface area contributed by atoms with E-state index in [1.807, 2.05) is 0 Å². The maximum absolute atomic E-state index is 13.7. The summed E-state index contributed by atoms with van der Waals surface area (Å²) in [6.07, 6.45) is 5.35. The zero-order valence-electron chi connectivity index (χ0n) is 18.7. The smallest absolute Gasteiger partial charge is 0.264 e. The number of hydrogen-bond acceptors (Lipinski definition) is 8. The van der Waals surface area contributed by atoms with Crippen LogP contribution in [0.4, 0.5) is 0 Å². The van der Waals surface area contributed by atoms with Crippen molar-refractivity contribution in [3.8, 4) is 5.75 Å². The van der Waals surface area contributed by atoms with Crippen molar-refractivity contribution in [3.05, 3.63) is 84.4 Å². The Morgan fingerprint density at radius 1 is 1.06 bits per heavy atom. The average molecular weight is 487 g/mol. The number of benzene rings is 1. The quantitative estimate of drug-likeness (QED) is 0.311. The zero-order chi connectivity index (χ0) is 24.6. The number of ether oxygens (including phenoxy) is 2. The number of aromatic nitrogens is 2. The molecule has 0 aliphatic heterocycles. The molecule has 0 spiro atoms. The van der Waals surface area contributed by atoms with E-state index in [9.17, 15) is 18.4 Å². The van der Waals surface area contributed by atoms with Gasteiger partial charge in [0.15, 0.2) is 0 Å². The van der Waals surface area contributed by atoms with Crippen molar-refractivity contribution in [2.75, 3.05) is 7.11 Å². The van der Waals surface area contributed by atoms with Gasteiger partial charge in [-0.15, -0.1) is 0 Å². The number of carbonyl (C=O) groups excluding carboxylic acids is 1. The molecule has 0 radical (unpaired) electrons. The van der Waals surface area contributed by atoms with E-state index in [1.165, 1.54) is 37.6 Å². The van der Waals surface area contributed by atoms with E-state index < -0.39 is 28.1 Å². The van der Waals surface area contributed by atoms with E-state index in [-0.39, 0.29) is 18.0 Å². The van der Waals surface area contributed by atoms with E-state index >= 15 is 0 Å². The summed E-state index contributed by atoms with van der Waals surface area (Å²) in [5.41, 5.74) is 2.87. The third-order valence-electron chi connectivity index (χ3n) is 5.10. The lowest BCUT2D eigenvalue weighted by atomic mass is 10.1. The Bertz CT molecular complexity index is 1160. The summed E-state index contributed by atoms with van der Waals surface area (Å²) in [5.74, 6) is -0.449. The third kappa shape index (κ3) is 6.14. The molecule has 0 unspecified atom stereocenters. The van der Waals surface area contributed by atoms with Crippen LogP contribution in [0.5, 0.6) is 5.75 Å². The minimum Gasteiger partial charge on any atom is -0.497 e. The largest absolute Gasteiger partial charge is 0.497 e. The highest BCUT2D eigenvalue weighted by Gasteiger charge is 2.40. The molecule has 180 valence electrons. The number of nitrogens with zero attached hydrogens (tertiary/aromatic N) is 3. The SMILES string of the molecule is COc1ccc(S(=O)(=O)N(Cc2cccnc2)[C@@H](C(=O)NO)[C@@H](C)OCc2cccnc2)cc1. The van der Waals surface area contributed by atoms with Crippen LogP contribution in [-0.4, -0.2) is 53.1 Å². The number of pyridine rings is 2. The molecular formula is C23H26N4O6S. The lowest BCUT2D eigenvalue weighted by Crippen LogP contribution is -2.54. The monoisotopic (exact) mass is 486 g/mol. The minimum atomic E-state index is -4.22. The molecule has 1 amide bonds. The first-order valence-electron chi connectivity index (χ1n) is 10.4. The maximum Gasteiger partial charge on any atom is 0.264 e. The molecule has 0 saturated heterocycles. The molecule has 0 aliphatic carbocycles. The predicted octanol–water partition coefficient (Wildman–Crippen LogP) is 2.16. The van der Waals surface area contributed by atoms with Gasteiger partial charge >= 0.3 is 0 Å². The van der Waals surface area contributed by atoms with Crippen LogP contribution in [0, 0.1) is 0 Å². The highest BCUT2D eigenvalue weighted by atomic mass is 32.2. The number of nitrogens with one attached hydrogen (secondary N) is 1. The molecule has 2 aromatic heterocycles. The number of hydrogen-bond donors (Lipinski definition) is 2. The average Bonchev–Trinajstić information content (AvgIpc) is 2.88. The Morgan fingerprint density at radius 2 is 1.68 bits per heavy atom. The van der Waals surface area contributed by atoms with Crippen LogP contribution in [0.2, 0.25) is 0 Å². The van der Waals surface area contributed by atoms with Crippen molar-refractivity contribution in [2.45, 2.75) is 37.1 Å². The van der Waals surface area contributed by atoms with Crippen molar-refractivity contribution in [2.24, 2.45) is 0 Å². The molecule has 2 heterocycles. The van der Waals surface area contributed by atoms with E-state index in [2.05, 4.69) is 9.97 Å².